The van der Waals surface area contributed by atoms with Gasteiger partial charge in [-0.25, -0.2) is 0 Å². The summed E-state index contributed by atoms with van der Waals surface area (Å²) in [5.74, 6) is 0. The molecule has 0 fully saturated rings. The van der Waals surface area contributed by atoms with Gasteiger partial charge in [-0.15, -0.1) is 5.10 Å². The maximum absolute atomic E-state index is 4.11. The number of hydrogen-bond donors (Lipinski definition) is 1. The zero-order valence-electron chi connectivity index (χ0n) is 10.2. The highest BCUT2D eigenvalue weighted by molar-refractivity contribution is 4.97. The molecule has 86 valence electrons. The van der Waals surface area contributed by atoms with Gasteiger partial charge in [-0.2, -0.15) is 0 Å². The minimum atomic E-state index is 0.241. The summed E-state index contributed by atoms with van der Waals surface area (Å²) < 4.78 is 1.75. The number of aryl methyl sites for hydroxylation is 1. The van der Waals surface area contributed by atoms with Crippen LogP contribution in [0.1, 0.15) is 32.9 Å². The van der Waals surface area contributed by atoms with Crippen LogP contribution in [-0.2, 0) is 13.5 Å². The molecule has 0 aliphatic rings. The molecule has 0 bridgehead atoms. The second-order valence-electron chi connectivity index (χ2n) is 4.90. The lowest BCUT2D eigenvalue weighted by Crippen LogP contribution is -2.31. The van der Waals surface area contributed by atoms with Gasteiger partial charge in [0.25, 0.3) is 0 Å². The predicted molar refractivity (Wildman–Crippen MR) is 61.6 cm³/mol. The van der Waals surface area contributed by atoms with E-state index in [1.54, 1.807) is 4.68 Å². The van der Waals surface area contributed by atoms with Gasteiger partial charge < -0.3 is 5.32 Å². The Morgan fingerprint density at radius 2 is 2.20 bits per heavy atom. The predicted octanol–water partition coefficient (Wildman–Crippen LogP) is 1.38. The van der Waals surface area contributed by atoms with Gasteiger partial charge in [0.2, 0.25) is 0 Å². The van der Waals surface area contributed by atoms with Gasteiger partial charge in [0, 0.05) is 19.8 Å². The molecule has 1 N–H and O–H groups in total. The summed E-state index contributed by atoms with van der Waals surface area (Å²) in [4.78, 5) is 0. The Labute approximate surface area is 92.1 Å². The topological polar surface area (TPSA) is 42.7 Å². The van der Waals surface area contributed by atoms with Gasteiger partial charge >= 0.3 is 0 Å². The van der Waals surface area contributed by atoms with Crippen molar-refractivity contribution in [2.45, 2.75) is 33.6 Å². The average molecular weight is 210 g/mol. The quantitative estimate of drug-likeness (QED) is 0.721. The third-order valence-electron chi connectivity index (χ3n) is 2.34. The fourth-order valence-corrected chi connectivity index (χ4v) is 1.63. The normalized spacial score (nSPS) is 12.0. The van der Waals surface area contributed by atoms with Gasteiger partial charge in [0.1, 0.15) is 0 Å². The van der Waals surface area contributed by atoms with Crippen molar-refractivity contribution in [3.05, 3.63) is 11.9 Å². The van der Waals surface area contributed by atoms with Gasteiger partial charge in [-0.05, 0) is 24.8 Å². The summed E-state index contributed by atoms with van der Waals surface area (Å²) in [6, 6.07) is 0. The van der Waals surface area contributed by atoms with E-state index in [-0.39, 0.29) is 5.41 Å². The van der Waals surface area contributed by atoms with Crippen molar-refractivity contribution in [2.24, 2.45) is 12.5 Å². The molecule has 0 spiro atoms. The number of nitrogens with zero attached hydrogens (tertiary/aromatic N) is 3. The third kappa shape index (κ3) is 4.42. The standard InChI is InChI=1S/C11H22N4/c1-5-6-12-9-11(2,3)7-10-8-15(4)14-13-10/h8,12H,5-7,9H2,1-4H3. The lowest BCUT2D eigenvalue weighted by atomic mass is 9.88. The van der Waals surface area contributed by atoms with Crippen LogP contribution in [0, 0.1) is 5.41 Å². The summed E-state index contributed by atoms with van der Waals surface area (Å²) in [5.41, 5.74) is 1.31. The Morgan fingerprint density at radius 3 is 2.73 bits per heavy atom. The van der Waals surface area contributed by atoms with Crippen molar-refractivity contribution < 1.29 is 0 Å². The Hall–Kier alpha value is -0.900. The van der Waals surface area contributed by atoms with Gasteiger partial charge in [0.05, 0.1) is 5.69 Å². The van der Waals surface area contributed by atoms with Crippen LogP contribution in [-0.4, -0.2) is 28.1 Å². The van der Waals surface area contributed by atoms with Crippen LogP contribution in [0.5, 0.6) is 0 Å². The first-order chi connectivity index (χ1) is 7.03. The van der Waals surface area contributed by atoms with Crippen molar-refractivity contribution in [3.8, 4) is 0 Å². The lowest BCUT2D eigenvalue weighted by Gasteiger charge is -2.23. The highest BCUT2D eigenvalue weighted by atomic mass is 15.4. The van der Waals surface area contributed by atoms with Crippen molar-refractivity contribution in [1.29, 1.82) is 0 Å². The van der Waals surface area contributed by atoms with E-state index in [2.05, 4.69) is 36.4 Å². The molecule has 0 saturated heterocycles. The molecule has 0 unspecified atom stereocenters. The second-order valence-corrected chi connectivity index (χ2v) is 4.90. The first-order valence-corrected chi connectivity index (χ1v) is 5.59. The molecule has 0 amide bonds. The van der Waals surface area contributed by atoms with E-state index in [0.29, 0.717) is 0 Å². The number of aromatic nitrogens is 3. The van der Waals surface area contributed by atoms with E-state index >= 15 is 0 Å². The fourth-order valence-electron chi connectivity index (χ4n) is 1.63. The molecule has 0 aromatic carbocycles. The zero-order valence-corrected chi connectivity index (χ0v) is 10.2. The lowest BCUT2D eigenvalue weighted by molar-refractivity contribution is 0.335. The maximum Gasteiger partial charge on any atom is 0.0832 e. The summed E-state index contributed by atoms with van der Waals surface area (Å²) in [6.45, 7) is 8.80. The van der Waals surface area contributed by atoms with Crippen LogP contribution in [0.2, 0.25) is 0 Å². The summed E-state index contributed by atoms with van der Waals surface area (Å²) in [7, 11) is 1.90. The minimum Gasteiger partial charge on any atom is -0.316 e. The smallest absolute Gasteiger partial charge is 0.0832 e. The van der Waals surface area contributed by atoms with Crippen LogP contribution in [0.15, 0.2) is 6.20 Å². The van der Waals surface area contributed by atoms with Crippen LogP contribution in [0.3, 0.4) is 0 Å². The Morgan fingerprint density at radius 1 is 1.47 bits per heavy atom. The molecule has 4 nitrogen and oxygen atoms in total. The van der Waals surface area contributed by atoms with Crippen LogP contribution < -0.4 is 5.32 Å². The molecule has 0 atom stereocenters. The number of rotatable bonds is 6. The van der Waals surface area contributed by atoms with E-state index < -0.39 is 0 Å². The molecule has 4 heteroatoms. The van der Waals surface area contributed by atoms with Crippen molar-refractivity contribution in [2.75, 3.05) is 13.1 Å². The van der Waals surface area contributed by atoms with Gasteiger partial charge in [-0.1, -0.05) is 26.0 Å². The van der Waals surface area contributed by atoms with E-state index in [4.69, 9.17) is 0 Å². The average Bonchev–Trinajstić information content (AvgIpc) is 2.50. The minimum absolute atomic E-state index is 0.241. The van der Waals surface area contributed by atoms with Gasteiger partial charge in [0.15, 0.2) is 0 Å². The van der Waals surface area contributed by atoms with Crippen molar-refractivity contribution in [1.82, 2.24) is 20.3 Å². The van der Waals surface area contributed by atoms with Gasteiger partial charge in [-0.3, -0.25) is 4.68 Å². The molecular weight excluding hydrogens is 188 g/mol. The molecule has 15 heavy (non-hydrogen) atoms. The zero-order chi connectivity index (χ0) is 11.3. The summed E-state index contributed by atoms with van der Waals surface area (Å²) in [5, 5.41) is 11.5. The van der Waals surface area contributed by atoms with E-state index in [0.717, 1.165) is 25.2 Å². The Bertz CT molecular complexity index is 291. The van der Waals surface area contributed by atoms with Crippen LogP contribution in [0.4, 0.5) is 0 Å². The molecule has 1 aromatic rings. The Balaban J connectivity index is 2.41. The van der Waals surface area contributed by atoms with E-state index in [1.807, 2.05) is 13.2 Å². The second kappa shape index (κ2) is 5.26. The largest absolute Gasteiger partial charge is 0.316 e. The first kappa shape index (κ1) is 12.2. The number of hydrogen-bond acceptors (Lipinski definition) is 3. The molecule has 0 saturated carbocycles. The molecule has 0 aliphatic carbocycles. The highest BCUT2D eigenvalue weighted by Gasteiger charge is 2.19. The van der Waals surface area contributed by atoms with E-state index in [9.17, 15) is 0 Å². The molecule has 1 rings (SSSR count). The van der Waals surface area contributed by atoms with Crippen LogP contribution >= 0.6 is 0 Å². The molecule has 1 aromatic heterocycles. The monoisotopic (exact) mass is 210 g/mol. The summed E-state index contributed by atoms with van der Waals surface area (Å²) >= 11 is 0. The fraction of sp³-hybridized carbons (Fsp3) is 0.818. The van der Waals surface area contributed by atoms with E-state index in [1.165, 1.54) is 6.42 Å². The molecule has 0 aliphatic heterocycles. The maximum atomic E-state index is 4.11. The van der Waals surface area contributed by atoms with Crippen LogP contribution in [0.25, 0.3) is 0 Å². The Kier molecular flexibility index (Phi) is 4.27. The highest BCUT2D eigenvalue weighted by Crippen LogP contribution is 2.19. The van der Waals surface area contributed by atoms with Crippen molar-refractivity contribution in [3.63, 3.8) is 0 Å². The summed E-state index contributed by atoms with van der Waals surface area (Å²) in [6.07, 6.45) is 4.14. The number of nitrogens with one attached hydrogen (secondary N) is 1. The molecule has 0 radical (unpaired) electrons. The molecular formula is C11H22N4. The third-order valence-corrected chi connectivity index (χ3v) is 2.34. The first-order valence-electron chi connectivity index (χ1n) is 5.59. The van der Waals surface area contributed by atoms with Crippen molar-refractivity contribution >= 4 is 0 Å². The SMILES string of the molecule is CCCNCC(C)(C)Cc1cn(C)nn1. The molecule has 1 heterocycles.